The third-order valence-electron chi connectivity index (χ3n) is 4.68. The first kappa shape index (κ1) is 14.9. The Morgan fingerprint density at radius 1 is 0.792 bits per heavy atom. The predicted molar refractivity (Wildman–Crippen MR) is 102 cm³/mol. The molecule has 4 rings (SSSR count). The lowest BCUT2D eigenvalue weighted by Gasteiger charge is -2.12. The van der Waals surface area contributed by atoms with E-state index in [2.05, 4.69) is 97.2 Å². The van der Waals surface area contributed by atoms with Crippen LogP contribution in [0.4, 0.5) is 0 Å². The second-order valence-corrected chi connectivity index (χ2v) is 6.42. The lowest BCUT2D eigenvalue weighted by atomic mass is 9.97. The van der Waals surface area contributed by atoms with Crippen LogP contribution in [0, 0.1) is 6.92 Å². The summed E-state index contributed by atoms with van der Waals surface area (Å²) < 4.78 is 0. The SMILES string of the molecule is Cc1ccc(/C=C/c2ccc(C3NCc4ccccc43)cc2)cc1. The molecule has 1 N–H and O–H groups in total. The molecule has 1 aliphatic heterocycles. The second-order valence-electron chi connectivity index (χ2n) is 6.42. The summed E-state index contributed by atoms with van der Waals surface area (Å²) in [6.07, 6.45) is 4.34. The molecule has 3 aromatic carbocycles. The average Bonchev–Trinajstić information content (AvgIpc) is 3.06. The van der Waals surface area contributed by atoms with Crippen molar-refractivity contribution in [3.8, 4) is 0 Å². The van der Waals surface area contributed by atoms with Gasteiger partial charge in [0.05, 0.1) is 6.04 Å². The molecule has 1 atom stereocenters. The van der Waals surface area contributed by atoms with Crippen LogP contribution >= 0.6 is 0 Å². The van der Waals surface area contributed by atoms with Crippen molar-refractivity contribution in [2.45, 2.75) is 19.5 Å². The molecule has 0 bridgehead atoms. The van der Waals surface area contributed by atoms with Crippen molar-refractivity contribution in [3.05, 3.63) is 106 Å². The molecule has 0 aliphatic carbocycles. The summed E-state index contributed by atoms with van der Waals surface area (Å²) in [5, 5.41) is 3.60. The van der Waals surface area contributed by atoms with Gasteiger partial charge in [-0.2, -0.15) is 0 Å². The van der Waals surface area contributed by atoms with E-state index < -0.39 is 0 Å². The summed E-state index contributed by atoms with van der Waals surface area (Å²) in [7, 11) is 0. The van der Waals surface area contributed by atoms with Crippen LogP contribution in [-0.4, -0.2) is 0 Å². The minimum absolute atomic E-state index is 0.316. The first-order valence-electron chi connectivity index (χ1n) is 8.45. The highest BCUT2D eigenvalue weighted by Gasteiger charge is 2.22. The van der Waals surface area contributed by atoms with Crippen LogP contribution in [0.2, 0.25) is 0 Å². The molecule has 0 aromatic heterocycles. The summed E-state index contributed by atoms with van der Waals surface area (Å²) in [5.41, 5.74) is 7.89. The van der Waals surface area contributed by atoms with E-state index in [1.54, 1.807) is 0 Å². The van der Waals surface area contributed by atoms with E-state index in [4.69, 9.17) is 0 Å². The van der Waals surface area contributed by atoms with E-state index in [1.165, 1.54) is 33.4 Å². The largest absolute Gasteiger partial charge is 0.302 e. The molecule has 1 nitrogen and oxygen atoms in total. The molecule has 0 saturated carbocycles. The highest BCUT2D eigenvalue weighted by atomic mass is 14.9. The third kappa shape index (κ3) is 3.04. The molecule has 0 spiro atoms. The fourth-order valence-corrected chi connectivity index (χ4v) is 3.27. The van der Waals surface area contributed by atoms with Gasteiger partial charge in [-0.15, -0.1) is 0 Å². The molecule has 1 heteroatoms. The van der Waals surface area contributed by atoms with Crippen LogP contribution in [0.1, 0.15) is 39.4 Å². The van der Waals surface area contributed by atoms with Gasteiger partial charge in [-0.05, 0) is 34.7 Å². The molecular weight excluding hydrogens is 290 g/mol. The highest BCUT2D eigenvalue weighted by molar-refractivity contribution is 5.69. The number of nitrogens with one attached hydrogen (secondary N) is 1. The molecule has 24 heavy (non-hydrogen) atoms. The molecule has 0 amide bonds. The van der Waals surface area contributed by atoms with Crippen molar-refractivity contribution in [2.75, 3.05) is 0 Å². The van der Waals surface area contributed by atoms with Gasteiger partial charge in [0.2, 0.25) is 0 Å². The first-order valence-corrected chi connectivity index (χ1v) is 8.45. The maximum Gasteiger partial charge on any atom is 0.0582 e. The van der Waals surface area contributed by atoms with Crippen molar-refractivity contribution < 1.29 is 0 Å². The fraction of sp³-hybridized carbons (Fsp3) is 0.130. The van der Waals surface area contributed by atoms with Gasteiger partial charge in [0.15, 0.2) is 0 Å². The van der Waals surface area contributed by atoms with Gasteiger partial charge in [-0.25, -0.2) is 0 Å². The zero-order valence-electron chi connectivity index (χ0n) is 13.9. The molecule has 0 radical (unpaired) electrons. The highest BCUT2D eigenvalue weighted by Crippen LogP contribution is 2.30. The summed E-state index contributed by atoms with van der Waals surface area (Å²) >= 11 is 0. The number of benzene rings is 3. The Balaban J connectivity index is 1.52. The fourth-order valence-electron chi connectivity index (χ4n) is 3.27. The number of aryl methyl sites for hydroxylation is 1. The average molecular weight is 311 g/mol. The smallest absolute Gasteiger partial charge is 0.0582 e. The van der Waals surface area contributed by atoms with E-state index in [1.807, 2.05) is 0 Å². The van der Waals surface area contributed by atoms with Crippen LogP contribution in [0.15, 0.2) is 72.8 Å². The van der Waals surface area contributed by atoms with E-state index in [0.29, 0.717) is 6.04 Å². The normalized spacial score (nSPS) is 16.5. The van der Waals surface area contributed by atoms with Crippen LogP contribution in [0.25, 0.3) is 12.2 Å². The summed E-state index contributed by atoms with van der Waals surface area (Å²) in [4.78, 5) is 0. The Kier molecular flexibility index (Phi) is 4.02. The standard InChI is InChI=1S/C23H21N/c1-17-6-8-18(9-7-17)10-11-19-12-14-20(15-13-19)23-22-5-3-2-4-21(22)16-24-23/h2-15,23-24H,16H2,1H3/b11-10+. The van der Waals surface area contributed by atoms with E-state index >= 15 is 0 Å². The maximum atomic E-state index is 3.60. The van der Waals surface area contributed by atoms with E-state index in [0.717, 1.165) is 6.54 Å². The molecule has 1 unspecified atom stereocenters. The Hall–Kier alpha value is -2.64. The van der Waals surface area contributed by atoms with E-state index in [-0.39, 0.29) is 0 Å². The molecule has 0 fully saturated rings. The number of hydrogen-bond donors (Lipinski definition) is 1. The van der Waals surface area contributed by atoms with Crippen molar-refractivity contribution in [2.24, 2.45) is 0 Å². The van der Waals surface area contributed by atoms with Crippen LogP contribution in [0.3, 0.4) is 0 Å². The number of hydrogen-bond acceptors (Lipinski definition) is 1. The predicted octanol–water partition coefficient (Wildman–Crippen LogP) is 5.36. The van der Waals surface area contributed by atoms with Gasteiger partial charge >= 0.3 is 0 Å². The Morgan fingerprint density at radius 3 is 2.12 bits per heavy atom. The van der Waals surface area contributed by atoms with Gasteiger partial charge in [0.25, 0.3) is 0 Å². The Bertz CT molecular complexity index is 857. The summed E-state index contributed by atoms with van der Waals surface area (Å²) in [6, 6.07) is 26.4. The van der Waals surface area contributed by atoms with Crippen molar-refractivity contribution in [1.82, 2.24) is 5.32 Å². The first-order chi connectivity index (χ1) is 11.8. The van der Waals surface area contributed by atoms with Crippen LogP contribution < -0.4 is 5.32 Å². The summed E-state index contributed by atoms with van der Waals surface area (Å²) in [5.74, 6) is 0. The molecule has 0 saturated heterocycles. The molecular formula is C23H21N. The number of rotatable bonds is 3. The van der Waals surface area contributed by atoms with Crippen LogP contribution in [-0.2, 0) is 6.54 Å². The zero-order chi connectivity index (χ0) is 16.4. The van der Waals surface area contributed by atoms with Crippen molar-refractivity contribution in [1.29, 1.82) is 0 Å². The minimum Gasteiger partial charge on any atom is -0.302 e. The topological polar surface area (TPSA) is 12.0 Å². The minimum atomic E-state index is 0.316. The zero-order valence-corrected chi connectivity index (χ0v) is 13.9. The monoisotopic (exact) mass is 311 g/mol. The molecule has 1 aliphatic rings. The van der Waals surface area contributed by atoms with E-state index in [9.17, 15) is 0 Å². The lowest BCUT2D eigenvalue weighted by Crippen LogP contribution is -2.13. The Labute approximate surface area is 143 Å². The van der Waals surface area contributed by atoms with Gasteiger partial charge in [0, 0.05) is 6.54 Å². The maximum absolute atomic E-state index is 3.60. The van der Waals surface area contributed by atoms with Crippen molar-refractivity contribution in [3.63, 3.8) is 0 Å². The molecule has 3 aromatic rings. The molecule has 118 valence electrons. The number of fused-ring (bicyclic) bond motifs is 1. The van der Waals surface area contributed by atoms with Gasteiger partial charge < -0.3 is 5.32 Å². The quantitative estimate of drug-likeness (QED) is 0.642. The van der Waals surface area contributed by atoms with Crippen molar-refractivity contribution >= 4 is 12.2 Å². The Morgan fingerprint density at radius 2 is 1.42 bits per heavy atom. The van der Waals surface area contributed by atoms with Gasteiger partial charge in [-0.1, -0.05) is 90.5 Å². The van der Waals surface area contributed by atoms with Gasteiger partial charge in [0.1, 0.15) is 0 Å². The summed E-state index contributed by atoms with van der Waals surface area (Å²) in [6.45, 7) is 3.07. The lowest BCUT2D eigenvalue weighted by molar-refractivity contribution is 0.667. The van der Waals surface area contributed by atoms with Gasteiger partial charge in [-0.3, -0.25) is 0 Å². The molecule has 1 heterocycles. The second kappa shape index (κ2) is 6.46. The van der Waals surface area contributed by atoms with Crippen LogP contribution in [0.5, 0.6) is 0 Å². The third-order valence-corrected chi connectivity index (χ3v) is 4.68.